The molecule has 0 N–H and O–H groups in total. The van der Waals surface area contributed by atoms with Gasteiger partial charge in [0.2, 0.25) is 0 Å². The number of nitrogens with zero attached hydrogens (tertiary/aromatic N) is 6. The summed E-state index contributed by atoms with van der Waals surface area (Å²) in [5.41, 5.74) is 0.978. The summed E-state index contributed by atoms with van der Waals surface area (Å²) in [5.74, 6) is 0.745. The van der Waals surface area contributed by atoms with Gasteiger partial charge in [-0.1, -0.05) is 11.6 Å². The number of halogens is 1. The number of piperazine rings is 1. The molecule has 2 unspecified atom stereocenters. The summed E-state index contributed by atoms with van der Waals surface area (Å²) < 4.78 is 1.23. The molecule has 24 heavy (non-hydrogen) atoms. The van der Waals surface area contributed by atoms with Crippen LogP contribution in [0.25, 0.3) is 0 Å². The van der Waals surface area contributed by atoms with Crippen molar-refractivity contribution < 1.29 is 0 Å². The summed E-state index contributed by atoms with van der Waals surface area (Å²) in [5, 5.41) is 13.6. The zero-order chi connectivity index (χ0) is 16.8. The second-order valence-corrected chi connectivity index (χ2v) is 6.49. The quantitative estimate of drug-likeness (QED) is 0.815. The van der Waals surface area contributed by atoms with E-state index in [1.54, 1.807) is 31.6 Å². The number of anilines is 2. The van der Waals surface area contributed by atoms with Crippen LogP contribution in [0, 0.1) is 11.3 Å². The second kappa shape index (κ2) is 5.49. The fourth-order valence-corrected chi connectivity index (χ4v) is 3.86. The number of hydrogen-bond donors (Lipinski definition) is 0. The van der Waals surface area contributed by atoms with E-state index in [4.69, 9.17) is 11.6 Å². The van der Waals surface area contributed by atoms with Crippen LogP contribution in [-0.2, 0) is 7.05 Å². The first-order valence-corrected chi connectivity index (χ1v) is 8.08. The summed E-state index contributed by atoms with van der Waals surface area (Å²) in [4.78, 5) is 20.7. The molecule has 0 radical (unpaired) electrons. The number of rotatable bonds is 2. The van der Waals surface area contributed by atoms with Crippen LogP contribution in [0.1, 0.15) is 12.0 Å². The van der Waals surface area contributed by atoms with Gasteiger partial charge in [-0.2, -0.15) is 10.4 Å². The van der Waals surface area contributed by atoms with E-state index in [-0.39, 0.29) is 22.7 Å². The molecular weight excluding hydrogens is 328 g/mol. The van der Waals surface area contributed by atoms with Gasteiger partial charge in [0.25, 0.3) is 5.56 Å². The van der Waals surface area contributed by atoms with Gasteiger partial charge in [0, 0.05) is 26.3 Å². The molecule has 3 fully saturated rings. The molecule has 2 atom stereocenters. The Hall–Kier alpha value is -2.59. The number of nitriles is 1. The summed E-state index contributed by atoms with van der Waals surface area (Å²) in [6.07, 6.45) is 4.40. The molecule has 2 aromatic heterocycles. The van der Waals surface area contributed by atoms with E-state index in [1.165, 1.54) is 4.68 Å². The van der Waals surface area contributed by atoms with Gasteiger partial charge in [0.05, 0.1) is 29.5 Å². The predicted octanol–water partition coefficient (Wildman–Crippen LogP) is 1.17. The molecule has 3 aliphatic rings. The van der Waals surface area contributed by atoms with Crippen molar-refractivity contribution in [3.63, 3.8) is 0 Å². The Kier molecular flexibility index (Phi) is 3.43. The molecule has 0 saturated carbocycles. The van der Waals surface area contributed by atoms with Crippen LogP contribution < -0.4 is 15.4 Å². The first-order valence-electron chi connectivity index (χ1n) is 7.70. The van der Waals surface area contributed by atoms with E-state index in [1.807, 2.05) is 0 Å². The fourth-order valence-electron chi connectivity index (χ4n) is 3.56. The van der Waals surface area contributed by atoms with Gasteiger partial charge in [-0.05, 0) is 18.6 Å². The van der Waals surface area contributed by atoms with Crippen LogP contribution in [0.4, 0.5) is 11.5 Å². The fraction of sp³-hybridized carbons (Fsp3) is 0.375. The highest BCUT2D eigenvalue weighted by Gasteiger charge is 2.46. The Bertz CT molecular complexity index is 892. The first kappa shape index (κ1) is 15.0. The van der Waals surface area contributed by atoms with Crippen LogP contribution in [0.3, 0.4) is 0 Å². The average Bonchev–Trinajstić information content (AvgIpc) is 2.60. The van der Waals surface area contributed by atoms with Gasteiger partial charge < -0.3 is 9.80 Å². The number of piperidine rings is 1. The van der Waals surface area contributed by atoms with E-state index < -0.39 is 0 Å². The highest BCUT2D eigenvalue weighted by atomic mass is 35.5. The van der Waals surface area contributed by atoms with Crippen LogP contribution in [0.15, 0.2) is 29.3 Å². The van der Waals surface area contributed by atoms with Crippen LogP contribution in [0.2, 0.25) is 5.02 Å². The van der Waals surface area contributed by atoms with Crippen molar-refractivity contribution in [3.05, 3.63) is 45.5 Å². The van der Waals surface area contributed by atoms with Crippen molar-refractivity contribution in [2.24, 2.45) is 7.05 Å². The third-order valence-corrected chi connectivity index (χ3v) is 5.10. The van der Waals surface area contributed by atoms with Crippen LogP contribution in [-0.4, -0.2) is 39.9 Å². The van der Waals surface area contributed by atoms with E-state index in [0.29, 0.717) is 11.3 Å². The maximum absolute atomic E-state index is 12.0. The minimum Gasteiger partial charge on any atom is -0.365 e. The van der Waals surface area contributed by atoms with Crippen molar-refractivity contribution in [1.29, 1.82) is 5.26 Å². The van der Waals surface area contributed by atoms with E-state index in [0.717, 1.165) is 25.3 Å². The minimum atomic E-state index is -0.290. The first-order chi connectivity index (χ1) is 11.6. The highest BCUT2D eigenvalue weighted by molar-refractivity contribution is 6.33. The Morgan fingerprint density at radius 2 is 2.12 bits per heavy atom. The summed E-state index contributed by atoms with van der Waals surface area (Å²) in [6, 6.07) is 6.28. The highest BCUT2D eigenvalue weighted by Crippen LogP contribution is 2.39. The lowest BCUT2D eigenvalue weighted by molar-refractivity contribution is 0.288. The Morgan fingerprint density at radius 1 is 1.38 bits per heavy atom. The van der Waals surface area contributed by atoms with Gasteiger partial charge in [0.15, 0.2) is 0 Å². The zero-order valence-electron chi connectivity index (χ0n) is 13.1. The standard InChI is InChI=1S/C16H15ClN6O/c1-21-16(24)14(17)13(7-20-21)22-8-11-5-12(9-22)23(11)15-10(6-18)3-2-4-19-15/h2-4,7,11-12H,5,8-9H2,1H3. The third-order valence-electron chi connectivity index (χ3n) is 4.75. The van der Waals surface area contributed by atoms with Gasteiger partial charge in [-0.25, -0.2) is 9.67 Å². The minimum absolute atomic E-state index is 0.205. The number of aryl methyl sites for hydroxylation is 1. The molecule has 5 rings (SSSR count). The van der Waals surface area contributed by atoms with Crippen molar-refractivity contribution in [2.45, 2.75) is 18.5 Å². The van der Waals surface area contributed by atoms with Gasteiger partial charge in [-0.15, -0.1) is 0 Å². The van der Waals surface area contributed by atoms with Gasteiger partial charge >= 0.3 is 0 Å². The molecule has 8 heteroatoms. The lowest BCUT2D eigenvalue weighted by Crippen LogP contribution is -2.69. The van der Waals surface area contributed by atoms with E-state index in [2.05, 4.69) is 26.0 Å². The number of aromatic nitrogens is 3. The smallest absolute Gasteiger partial charge is 0.287 e. The Labute approximate surface area is 143 Å². The molecule has 2 aromatic rings. The summed E-state index contributed by atoms with van der Waals surface area (Å²) in [6.45, 7) is 1.46. The molecule has 0 aliphatic carbocycles. The Morgan fingerprint density at radius 3 is 2.83 bits per heavy atom. The molecule has 0 aromatic carbocycles. The monoisotopic (exact) mass is 342 g/mol. The molecule has 3 saturated heterocycles. The lowest BCUT2D eigenvalue weighted by atomic mass is 9.86. The number of fused-ring (bicyclic) bond motifs is 2. The summed E-state index contributed by atoms with van der Waals surface area (Å²) in [7, 11) is 1.58. The number of pyridine rings is 1. The molecule has 122 valence electrons. The molecule has 7 nitrogen and oxygen atoms in total. The van der Waals surface area contributed by atoms with E-state index in [9.17, 15) is 10.1 Å². The molecule has 5 heterocycles. The van der Waals surface area contributed by atoms with Crippen molar-refractivity contribution >= 4 is 23.1 Å². The maximum Gasteiger partial charge on any atom is 0.287 e. The second-order valence-electron chi connectivity index (χ2n) is 6.11. The zero-order valence-corrected chi connectivity index (χ0v) is 13.8. The predicted molar refractivity (Wildman–Crippen MR) is 90.3 cm³/mol. The van der Waals surface area contributed by atoms with Crippen molar-refractivity contribution in [1.82, 2.24) is 14.8 Å². The molecule has 3 aliphatic heterocycles. The SMILES string of the molecule is Cn1ncc(N2CC3CC(C2)N3c2ncccc2C#N)c(Cl)c1=O. The lowest BCUT2D eigenvalue weighted by Gasteiger charge is -2.57. The summed E-state index contributed by atoms with van der Waals surface area (Å²) >= 11 is 6.21. The molecule has 0 spiro atoms. The third kappa shape index (κ3) is 2.14. The molecule has 2 bridgehead atoms. The normalized spacial score (nSPS) is 22.0. The molecule has 0 amide bonds. The van der Waals surface area contributed by atoms with E-state index >= 15 is 0 Å². The van der Waals surface area contributed by atoms with Gasteiger partial charge in [0.1, 0.15) is 16.9 Å². The maximum atomic E-state index is 12.0. The number of hydrogen-bond acceptors (Lipinski definition) is 6. The largest absolute Gasteiger partial charge is 0.365 e. The van der Waals surface area contributed by atoms with Crippen LogP contribution >= 0.6 is 11.6 Å². The van der Waals surface area contributed by atoms with Crippen molar-refractivity contribution in [3.8, 4) is 6.07 Å². The Balaban J connectivity index is 1.61. The molecular formula is C16H15ClN6O. The van der Waals surface area contributed by atoms with Crippen molar-refractivity contribution in [2.75, 3.05) is 22.9 Å². The van der Waals surface area contributed by atoms with Gasteiger partial charge in [-0.3, -0.25) is 4.79 Å². The van der Waals surface area contributed by atoms with Crippen LogP contribution in [0.5, 0.6) is 0 Å². The average molecular weight is 343 g/mol. The topological polar surface area (TPSA) is 78.1 Å².